The molecule has 0 amide bonds. The van der Waals surface area contributed by atoms with E-state index in [0.29, 0.717) is 19.3 Å². The van der Waals surface area contributed by atoms with E-state index < -0.39 is 23.1 Å². The van der Waals surface area contributed by atoms with Gasteiger partial charge in [0.25, 0.3) is 5.56 Å². The number of nitrogens with one attached hydrogen (secondary N) is 1. The van der Waals surface area contributed by atoms with Crippen molar-refractivity contribution in [1.82, 2.24) is 9.55 Å². The second-order valence-electron chi connectivity index (χ2n) is 4.32. The van der Waals surface area contributed by atoms with E-state index in [-0.39, 0.29) is 6.61 Å². The molecule has 0 aromatic carbocycles. The normalized spacial score (nSPS) is 28.5. The Labute approximate surface area is 97.9 Å². The topological polar surface area (TPSA) is 84.3 Å². The van der Waals surface area contributed by atoms with Gasteiger partial charge in [0, 0.05) is 12.3 Å². The molecule has 1 saturated heterocycles. The van der Waals surface area contributed by atoms with Crippen molar-refractivity contribution in [1.29, 1.82) is 0 Å². The van der Waals surface area contributed by atoms with Gasteiger partial charge in [-0.3, -0.25) is 14.3 Å². The van der Waals surface area contributed by atoms with Crippen molar-refractivity contribution in [3.05, 3.63) is 33.1 Å². The second-order valence-corrected chi connectivity index (χ2v) is 4.32. The molecule has 1 fully saturated rings. The molecule has 0 spiro atoms. The van der Waals surface area contributed by atoms with Gasteiger partial charge in [0.05, 0.1) is 12.2 Å². The lowest BCUT2D eigenvalue weighted by molar-refractivity contribution is -0.101. The molecule has 0 bridgehead atoms. The zero-order valence-corrected chi connectivity index (χ0v) is 9.68. The number of aliphatic hydroxyl groups is 1. The standard InChI is InChI=1S/C11H16N2O4/c1-2-11(7-14)5-3-9(17-11)13-6-4-8(15)12-10(13)16/h4,6,9,14H,2-3,5,7H2,1H3,(H,12,15,16)/t9-,11+/m1/s1. The molecule has 1 aliphatic heterocycles. The summed E-state index contributed by atoms with van der Waals surface area (Å²) in [7, 11) is 0. The van der Waals surface area contributed by atoms with Crippen LogP contribution in [0.5, 0.6) is 0 Å². The van der Waals surface area contributed by atoms with Crippen LogP contribution in [0.1, 0.15) is 32.4 Å². The van der Waals surface area contributed by atoms with E-state index in [4.69, 9.17) is 4.74 Å². The van der Waals surface area contributed by atoms with Crippen LogP contribution in [0.25, 0.3) is 0 Å². The monoisotopic (exact) mass is 240 g/mol. The van der Waals surface area contributed by atoms with Crippen LogP contribution in [0.4, 0.5) is 0 Å². The molecule has 0 unspecified atom stereocenters. The summed E-state index contributed by atoms with van der Waals surface area (Å²) in [5.74, 6) is 0. The summed E-state index contributed by atoms with van der Waals surface area (Å²) in [4.78, 5) is 24.7. The van der Waals surface area contributed by atoms with Crippen LogP contribution >= 0.6 is 0 Å². The summed E-state index contributed by atoms with van der Waals surface area (Å²) in [5.41, 5.74) is -1.46. The van der Waals surface area contributed by atoms with Gasteiger partial charge in [-0.1, -0.05) is 6.92 Å². The van der Waals surface area contributed by atoms with Gasteiger partial charge in [-0.25, -0.2) is 4.79 Å². The van der Waals surface area contributed by atoms with E-state index in [0.717, 1.165) is 0 Å². The highest BCUT2D eigenvalue weighted by Crippen LogP contribution is 2.37. The zero-order chi connectivity index (χ0) is 12.5. The van der Waals surface area contributed by atoms with E-state index >= 15 is 0 Å². The van der Waals surface area contributed by atoms with Gasteiger partial charge in [0.15, 0.2) is 0 Å². The maximum absolute atomic E-state index is 11.6. The van der Waals surface area contributed by atoms with Gasteiger partial charge in [-0.2, -0.15) is 0 Å². The Balaban J connectivity index is 2.26. The molecule has 2 rings (SSSR count). The molecule has 2 atom stereocenters. The third-order valence-corrected chi connectivity index (χ3v) is 3.33. The second kappa shape index (κ2) is 4.46. The fraction of sp³-hybridized carbons (Fsp3) is 0.636. The predicted octanol–water partition coefficient (Wildman–Crippen LogP) is -0.0133. The highest BCUT2D eigenvalue weighted by Gasteiger charge is 2.39. The highest BCUT2D eigenvalue weighted by atomic mass is 16.5. The number of rotatable bonds is 3. The molecule has 2 heterocycles. The molecule has 1 aromatic heterocycles. The van der Waals surface area contributed by atoms with E-state index in [2.05, 4.69) is 4.98 Å². The summed E-state index contributed by atoms with van der Waals surface area (Å²) >= 11 is 0. The van der Waals surface area contributed by atoms with Crippen LogP contribution in [-0.4, -0.2) is 26.9 Å². The molecule has 0 saturated carbocycles. The fourth-order valence-electron chi connectivity index (χ4n) is 2.13. The first-order chi connectivity index (χ1) is 8.10. The molecule has 1 aliphatic rings. The summed E-state index contributed by atoms with van der Waals surface area (Å²) in [5, 5.41) is 9.32. The molecular weight excluding hydrogens is 224 g/mol. The van der Waals surface area contributed by atoms with Gasteiger partial charge in [-0.15, -0.1) is 0 Å². The van der Waals surface area contributed by atoms with Gasteiger partial charge in [-0.05, 0) is 19.3 Å². The number of nitrogens with zero attached hydrogens (tertiary/aromatic N) is 1. The first-order valence-electron chi connectivity index (χ1n) is 5.70. The van der Waals surface area contributed by atoms with Gasteiger partial charge in [0.2, 0.25) is 0 Å². The van der Waals surface area contributed by atoms with Crippen LogP contribution in [0.3, 0.4) is 0 Å². The minimum atomic E-state index is -0.555. The summed E-state index contributed by atoms with van der Waals surface area (Å²) < 4.78 is 7.10. The number of aliphatic hydroxyl groups excluding tert-OH is 1. The Hall–Kier alpha value is -1.40. The largest absolute Gasteiger partial charge is 0.393 e. The molecule has 6 heteroatoms. The molecular formula is C11H16N2O4. The van der Waals surface area contributed by atoms with Crippen molar-refractivity contribution in [2.75, 3.05) is 6.61 Å². The number of ether oxygens (including phenoxy) is 1. The molecule has 17 heavy (non-hydrogen) atoms. The van der Waals surface area contributed by atoms with Gasteiger partial charge >= 0.3 is 5.69 Å². The van der Waals surface area contributed by atoms with E-state index in [9.17, 15) is 14.7 Å². The Morgan fingerprint density at radius 2 is 2.41 bits per heavy atom. The lowest BCUT2D eigenvalue weighted by atomic mass is 9.98. The number of aromatic amines is 1. The van der Waals surface area contributed by atoms with E-state index in [1.165, 1.54) is 16.8 Å². The summed E-state index contributed by atoms with van der Waals surface area (Å²) in [6.07, 6.45) is 3.07. The maximum Gasteiger partial charge on any atom is 0.330 e. The Kier molecular flexibility index (Phi) is 3.17. The average Bonchev–Trinajstić information content (AvgIpc) is 2.74. The Morgan fingerprint density at radius 1 is 1.65 bits per heavy atom. The first kappa shape index (κ1) is 12.1. The van der Waals surface area contributed by atoms with Crippen molar-refractivity contribution < 1.29 is 9.84 Å². The van der Waals surface area contributed by atoms with E-state index in [1.54, 1.807) is 0 Å². The van der Waals surface area contributed by atoms with Crippen LogP contribution in [0, 0.1) is 0 Å². The fourth-order valence-corrected chi connectivity index (χ4v) is 2.13. The number of aromatic nitrogens is 2. The third kappa shape index (κ3) is 2.18. The van der Waals surface area contributed by atoms with Crippen LogP contribution in [0.15, 0.2) is 21.9 Å². The molecule has 1 aromatic rings. The predicted molar refractivity (Wildman–Crippen MR) is 60.8 cm³/mol. The molecule has 0 radical (unpaired) electrons. The Bertz CT molecular complexity index is 501. The minimum Gasteiger partial charge on any atom is -0.393 e. The highest BCUT2D eigenvalue weighted by molar-refractivity contribution is 4.90. The average molecular weight is 240 g/mol. The Morgan fingerprint density at radius 3 is 2.94 bits per heavy atom. The lowest BCUT2D eigenvalue weighted by Crippen LogP contribution is -2.35. The number of hydrogen-bond donors (Lipinski definition) is 2. The number of H-pyrrole nitrogens is 1. The van der Waals surface area contributed by atoms with Crippen LogP contribution in [0.2, 0.25) is 0 Å². The van der Waals surface area contributed by atoms with Gasteiger partial charge in [0.1, 0.15) is 6.23 Å². The van der Waals surface area contributed by atoms with Crippen molar-refractivity contribution in [2.45, 2.75) is 38.0 Å². The van der Waals surface area contributed by atoms with Gasteiger partial charge < -0.3 is 9.84 Å². The molecule has 6 nitrogen and oxygen atoms in total. The molecule has 94 valence electrons. The first-order valence-corrected chi connectivity index (χ1v) is 5.70. The van der Waals surface area contributed by atoms with Crippen molar-refractivity contribution >= 4 is 0 Å². The third-order valence-electron chi connectivity index (χ3n) is 3.33. The molecule has 2 N–H and O–H groups in total. The lowest BCUT2D eigenvalue weighted by Gasteiger charge is -2.25. The smallest absolute Gasteiger partial charge is 0.330 e. The minimum absolute atomic E-state index is 0.0574. The van der Waals surface area contributed by atoms with Crippen molar-refractivity contribution in [2.24, 2.45) is 0 Å². The van der Waals surface area contributed by atoms with Crippen molar-refractivity contribution in [3.8, 4) is 0 Å². The quantitative estimate of drug-likeness (QED) is 0.778. The van der Waals surface area contributed by atoms with Crippen LogP contribution in [-0.2, 0) is 4.74 Å². The van der Waals surface area contributed by atoms with E-state index in [1.807, 2.05) is 6.92 Å². The zero-order valence-electron chi connectivity index (χ0n) is 9.68. The number of hydrogen-bond acceptors (Lipinski definition) is 4. The maximum atomic E-state index is 11.6. The summed E-state index contributed by atoms with van der Waals surface area (Å²) in [6.45, 7) is 1.88. The summed E-state index contributed by atoms with van der Waals surface area (Å²) in [6, 6.07) is 1.29. The molecule has 0 aliphatic carbocycles. The van der Waals surface area contributed by atoms with Crippen LogP contribution < -0.4 is 11.2 Å². The van der Waals surface area contributed by atoms with Crippen molar-refractivity contribution in [3.63, 3.8) is 0 Å². The SMILES string of the molecule is CC[C@@]1(CO)CC[C@H](n2ccc(=O)[nH]c2=O)O1.